The summed E-state index contributed by atoms with van der Waals surface area (Å²) in [7, 11) is 0. The molecule has 0 amide bonds. The molecule has 6 rings (SSSR count). The number of aliphatic hydroxyl groups excluding tert-OH is 2. The molecule has 0 aromatic rings. The van der Waals surface area contributed by atoms with E-state index in [0.29, 0.717) is 11.3 Å². The number of ether oxygens (including phenoxy) is 2. The summed E-state index contributed by atoms with van der Waals surface area (Å²) in [6.45, 7) is 14.3. The Morgan fingerprint density at radius 2 is 1.56 bits per heavy atom. The third-order valence-electron chi connectivity index (χ3n) is 9.43. The van der Waals surface area contributed by atoms with Gasteiger partial charge < -0.3 is 29.9 Å². The van der Waals surface area contributed by atoms with E-state index in [0.717, 1.165) is 0 Å². The fourth-order valence-electron chi connectivity index (χ4n) is 7.54. The third-order valence-corrected chi connectivity index (χ3v) is 9.43. The minimum absolute atomic E-state index is 0.0173. The lowest BCUT2D eigenvalue weighted by Gasteiger charge is -2.69. The molecule has 2 heterocycles. The Labute approximate surface area is 211 Å². The highest BCUT2D eigenvalue weighted by Crippen LogP contribution is 2.72. The average molecular weight is 501 g/mol. The third kappa shape index (κ3) is 2.84. The molecule has 8 nitrogen and oxygen atoms in total. The second-order valence-electron chi connectivity index (χ2n) is 12.2. The minimum Gasteiger partial charge on any atom is -0.489 e. The van der Waals surface area contributed by atoms with Gasteiger partial charge in [-0.1, -0.05) is 12.2 Å². The summed E-state index contributed by atoms with van der Waals surface area (Å²) in [6.07, 6.45) is 2.04. The van der Waals surface area contributed by atoms with Gasteiger partial charge in [0.2, 0.25) is 0 Å². The van der Waals surface area contributed by atoms with E-state index in [-0.39, 0.29) is 31.4 Å². The van der Waals surface area contributed by atoms with Crippen molar-refractivity contribution in [1.29, 1.82) is 0 Å². The van der Waals surface area contributed by atoms with E-state index in [1.165, 1.54) is 18.2 Å². The fraction of sp³-hybridized carbons (Fsp3) is 0.643. The minimum atomic E-state index is -2.02. The van der Waals surface area contributed by atoms with Gasteiger partial charge in [-0.2, -0.15) is 0 Å². The predicted molar refractivity (Wildman–Crippen MR) is 129 cm³/mol. The average Bonchev–Trinajstić information content (AvgIpc) is 2.75. The Balaban J connectivity index is 1.87. The quantitative estimate of drug-likeness (QED) is 0.430. The second-order valence-corrected chi connectivity index (χ2v) is 12.2. The first-order valence-corrected chi connectivity index (χ1v) is 12.6. The van der Waals surface area contributed by atoms with Crippen molar-refractivity contribution in [2.75, 3.05) is 0 Å². The summed E-state index contributed by atoms with van der Waals surface area (Å²) in [6, 6.07) is 0. The lowest BCUT2D eigenvalue weighted by Crippen LogP contribution is -2.77. The van der Waals surface area contributed by atoms with Crippen LogP contribution in [-0.2, 0) is 19.1 Å². The standard InChI is InChI=1S/C28H36O8/c1-7-9-27(33)16(30)12-18-26(13-17(31)25(5,6)35-18)20-21-14(11-15(29)24(3,4)36-21)19(22(26)27)28(34,10-8-2)23(20)32/h7-8,12,15,17,19-20,22,29,31,33-34H,1-2,9-11,13H2,3-6H3/t15-,17-,19+,20+,22-,26+,27+,28-/m1/s1. The zero-order chi connectivity index (χ0) is 26.6. The SMILES string of the molecule is C=CC[C@]1(O)C(=O)C=C2OC(C)(C)[C@H](O)C[C@@]23[C@@H]2C(=O)[C@@](O)(CC=C)[C@@H](C4=C2OC(C)(C)[C@H](O)C4)[C@H]31. The van der Waals surface area contributed by atoms with Crippen LogP contribution in [0.1, 0.15) is 53.4 Å². The maximum Gasteiger partial charge on any atom is 0.191 e. The molecule has 1 spiro atoms. The number of fused-ring (bicyclic) bond motifs is 1. The molecule has 1 saturated heterocycles. The van der Waals surface area contributed by atoms with Gasteiger partial charge in [0, 0.05) is 37.2 Å². The molecule has 0 aromatic heterocycles. The second kappa shape index (κ2) is 7.40. The summed E-state index contributed by atoms with van der Waals surface area (Å²) in [5.41, 5.74) is -6.90. The molecule has 0 radical (unpaired) electrons. The van der Waals surface area contributed by atoms with Crippen LogP contribution < -0.4 is 0 Å². The van der Waals surface area contributed by atoms with Crippen molar-refractivity contribution in [3.63, 3.8) is 0 Å². The summed E-state index contributed by atoms with van der Waals surface area (Å²) in [5, 5.41) is 46.2. The van der Waals surface area contributed by atoms with Gasteiger partial charge in [-0.25, -0.2) is 0 Å². The van der Waals surface area contributed by atoms with Crippen LogP contribution in [0.2, 0.25) is 0 Å². The lowest BCUT2D eigenvalue weighted by molar-refractivity contribution is -0.252. The largest absolute Gasteiger partial charge is 0.489 e. The summed E-state index contributed by atoms with van der Waals surface area (Å²) in [4.78, 5) is 27.8. The van der Waals surface area contributed by atoms with Crippen molar-refractivity contribution in [2.24, 2.45) is 23.2 Å². The number of hydrogen-bond acceptors (Lipinski definition) is 8. The Bertz CT molecular complexity index is 1130. The van der Waals surface area contributed by atoms with Gasteiger partial charge in [-0.15, -0.1) is 13.2 Å². The van der Waals surface area contributed by atoms with Crippen LogP contribution in [0.25, 0.3) is 0 Å². The van der Waals surface area contributed by atoms with Crippen molar-refractivity contribution in [1.82, 2.24) is 0 Å². The number of carbonyl (C=O) groups is 2. The fourth-order valence-corrected chi connectivity index (χ4v) is 7.54. The van der Waals surface area contributed by atoms with Gasteiger partial charge in [-0.05, 0) is 39.7 Å². The molecular weight excluding hydrogens is 464 g/mol. The highest BCUT2D eigenvalue weighted by molar-refractivity contribution is 6.03. The molecule has 0 aromatic carbocycles. The van der Waals surface area contributed by atoms with Gasteiger partial charge in [0.15, 0.2) is 11.6 Å². The molecule has 2 bridgehead atoms. The van der Waals surface area contributed by atoms with Gasteiger partial charge in [0.1, 0.15) is 33.9 Å². The number of ketones is 2. The number of aliphatic hydroxyl groups is 4. The smallest absolute Gasteiger partial charge is 0.191 e. The molecule has 2 aliphatic heterocycles. The first-order valence-electron chi connectivity index (χ1n) is 12.6. The van der Waals surface area contributed by atoms with Crippen LogP contribution >= 0.6 is 0 Å². The van der Waals surface area contributed by atoms with Crippen LogP contribution in [0.4, 0.5) is 0 Å². The normalized spacial score (nSPS) is 46.0. The number of Topliss-reactive ketones (excluding diaryl/α,β-unsaturated/α-hetero) is 1. The summed E-state index contributed by atoms with van der Waals surface area (Å²) in [5.74, 6) is -3.84. The van der Waals surface area contributed by atoms with Crippen molar-refractivity contribution in [3.05, 3.63) is 48.5 Å². The topological polar surface area (TPSA) is 134 Å². The maximum atomic E-state index is 14.2. The van der Waals surface area contributed by atoms with Crippen LogP contribution in [-0.4, -0.2) is 66.6 Å². The molecule has 4 aliphatic carbocycles. The first-order chi connectivity index (χ1) is 16.6. The molecule has 0 unspecified atom stereocenters. The van der Waals surface area contributed by atoms with Crippen molar-refractivity contribution < 1.29 is 39.5 Å². The molecule has 8 atom stereocenters. The molecule has 36 heavy (non-hydrogen) atoms. The van der Waals surface area contributed by atoms with E-state index < -0.39 is 69.3 Å². The van der Waals surface area contributed by atoms with E-state index in [1.54, 1.807) is 27.7 Å². The Hall–Kier alpha value is -2.26. The predicted octanol–water partition coefficient (Wildman–Crippen LogP) is 1.87. The molecule has 6 aliphatic rings. The van der Waals surface area contributed by atoms with Crippen LogP contribution in [0, 0.1) is 23.2 Å². The van der Waals surface area contributed by atoms with E-state index in [2.05, 4.69) is 13.2 Å². The first kappa shape index (κ1) is 25.4. The van der Waals surface area contributed by atoms with E-state index in [4.69, 9.17) is 9.47 Å². The number of hydrogen-bond donors (Lipinski definition) is 4. The highest BCUT2D eigenvalue weighted by Gasteiger charge is 2.79. The number of rotatable bonds is 4. The van der Waals surface area contributed by atoms with Gasteiger partial charge in [0.25, 0.3) is 0 Å². The monoisotopic (exact) mass is 500 g/mol. The van der Waals surface area contributed by atoms with Crippen molar-refractivity contribution in [2.45, 2.75) is 88.0 Å². The van der Waals surface area contributed by atoms with Crippen LogP contribution in [0.3, 0.4) is 0 Å². The summed E-state index contributed by atoms with van der Waals surface area (Å²) >= 11 is 0. The Morgan fingerprint density at radius 3 is 2.17 bits per heavy atom. The molecule has 8 heteroatoms. The zero-order valence-corrected chi connectivity index (χ0v) is 21.3. The maximum absolute atomic E-state index is 14.2. The molecule has 196 valence electrons. The van der Waals surface area contributed by atoms with E-state index in [9.17, 15) is 30.0 Å². The summed E-state index contributed by atoms with van der Waals surface area (Å²) < 4.78 is 12.6. The van der Waals surface area contributed by atoms with Gasteiger partial charge in [0.05, 0.1) is 23.5 Å². The molecule has 1 saturated carbocycles. The molecular formula is C28H36O8. The number of carbonyl (C=O) groups excluding carboxylic acids is 2. The van der Waals surface area contributed by atoms with Gasteiger partial charge in [-0.3, -0.25) is 9.59 Å². The van der Waals surface area contributed by atoms with E-state index in [1.807, 2.05) is 0 Å². The Morgan fingerprint density at radius 1 is 0.972 bits per heavy atom. The zero-order valence-electron chi connectivity index (χ0n) is 21.3. The van der Waals surface area contributed by atoms with Crippen LogP contribution in [0.15, 0.2) is 48.5 Å². The van der Waals surface area contributed by atoms with Crippen LogP contribution in [0.5, 0.6) is 0 Å². The van der Waals surface area contributed by atoms with E-state index >= 15 is 0 Å². The molecule has 2 fully saturated rings. The highest BCUT2D eigenvalue weighted by atomic mass is 16.5. The van der Waals surface area contributed by atoms with Crippen molar-refractivity contribution in [3.8, 4) is 0 Å². The van der Waals surface area contributed by atoms with Crippen molar-refractivity contribution >= 4 is 11.6 Å². The molecule has 4 N–H and O–H groups in total. The lowest BCUT2D eigenvalue weighted by atomic mass is 9.37. The number of allylic oxidation sites excluding steroid dienone is 2. The Kier molecular flexibility index (Phi) is 5.22. The van der Waals surface area contributed by atoms with Gasteiger partial charge >= 0.3 is 0 Å².